The predicted octanol–water partition coefficient (Wildman–Crippen LogP) is 4.46. The Labute approximate surface area is 212 Å². The van der Waals surface area contributed by atoms with Crippen LogP contribution in [-0.4, -0.2) is 40.1 Å². The molecule has 2 heterocycles. The van der Waals surface area contributed by atoms with Crippen LogP contribution in [0.1, 0.15) is 71.0 Å². The second-order valence-corrected chi connectivity index (χ2v) is 9.84. The van der Waals surface area contributed by atoms with Gasteiger partial charge >= 0.3 is 11.9 Å². The molecule has 0 spiro atoms. The van der Waals surface area contributed by atoms with Crippen LogP contribution < -0.4 is 10.9 Å². The Bertz CT molecular complexity index is 1320. The molecule has 1 aromatic carbocycles. The minimum absolute atomic E-state index is 0.0831. The molecule has 1 saturated carbocycles. The van der Waals surface area contributed by atoms with E-state index in [-0.39, 0.29) is 12.6 Å². The van der Waals surface area contributed by atoms with E-state index in [9.17, 15) is 19.2 Å². The van der Waals surface area contributed by atoms with Gasteiger partial charge in [0.05, 0.1) is 23.9 Å². The number of nitrogens with zero attached hydrogens (tertiary/aromatic N) is 2. The summed E-state index contributed by atoms with van der Waals surface area (Å²) < 4.78 is 12.0. The van der Waals surface area contributed by atoms with Crippen molar-refractivity contribution in [1.29, 1.82) is 0 Å². The number of hydrogen-bond donors (Lipinski definition) is 1. The van der Waals surface area contributed by atoms with Crippen molar-refractivity contribution in [2.75, 3.05) is 11.9 Å². The second kappa shape index (κ2) is 11.5. The lowest BCUT2D eigenvalue weighted by Crippen LogP contribution is -2.28. The molecule has 0 radical (unpaired) electrons. The normalized spacial score (nSPS) is 13.9. The number of amides is 1. The van der Waals surface area contributed by atoms with Gasteiger partial charge in [-0.05, 0) is 68.9 Å². The lowest BCUT2D eigenvalue weighted by molar-refractivity contribution is -0.116. The highest BCUT2D eigenvalue weighted by atomic mass is 32.1. The third-order valence-corrected chi connectivity index (χ3v) is 7.26. The first kappa shape index (κ1) is 25.6. The number of ether oxygens (including phenoxy) is 2. The standard InChI is InChI=1S/C26H29N3O6S/c1-3-13-34-25(32)17-9-11-18(12-10-17)28-20(30)14-29-15-27-23-21(24(29)31)16(2)22(36-23)26(33)35-19-7-5-4-6-8-19/h9-12,15,19H,3-8,13-14H2,1-2H3,(H,28,30). The Balaban J connectivity index is 1.44. The first-order valence-corrected chi connectivity index (χ1v) is 13.0. The van der Waals surface area contributed by atoms with Gasteiger partial charge in [0.15, 0.2) is 0 Å². The van der Waals surface area contributed by atoms with Crippen molar-refractivity contribution in [3.63, 3.8) is 0 Å². The fourth-order valence-electron chi connectivity index (χ4n) is 4.18. The molecular formula is C26H29N3O6S. The Kier molecular flexibility index (Phi) is 8.14. The summed E-state index contributed by atoms with van der Waals surface area (Å²) in [6.45, 7) is 3.71. The summed E-state index contributed by atoms with van der Waals surface area (Å²) in [5.41, 5.74) is 0.995. The van der Waals surface area contributed by atoms with Crippen molar-refractivity contribution in [3.05, 3.63) is 57.0 Å². The molecule has 1 aliphatic carbocycles. The van der Waals surface area contributed by atoms with Crippen LogP contribution in [0, 0.1) is 6.92 Å². The predicted molar refractivity (Wildman–Crippen MR) is 137 cm³/mol. The van der Waals surface area contributed by atoms with Crippen LogP contribution in [0.5, 0.6) is 0 Å². The molecular weight excluding hydrogens is 482 g/mol. The summed E-state index contributed by atoms with van der Waals surface area (Å²) in [5.74, 6) is -1.27. The molecule has 2 aromatic heterocycles. The van der Waals surface area contributed by atoms with E-state index in [1.165, 1.54) is 10.9 Å². The molecule has 1 amide bonds. The van der Waals surface area contributed by atoms with Gasteiger partial charge in [0.1, 0.15) is 22.4 Å². The van der Waals surface area contributed by atoms with Crippen molar-refractivity contribution < 1.29 is 23.9 Å². The largest absolute Gasteiger partial charge is 0.462 e. The molecule has 4 rings (SSSR count). The number of rotatable bonds is 8. The van der Waals surface area contributed by atoms with Gasteiger partial charge in [-0.25, -0.2) is 14.6 Å². The fraction of sp³-hybridized carbons (Fsp3) is 0.423. The number of benzene rings is 1. The van der Waals surface area contributed by atoms with Gasteiger partial charge in [-0.15, -0.1) is 11.3 Å². The summed E-state index contributed by atoms with van der Waals surface area (Å²) in [6.07, 6.45) is 6.94. The molecule has 0 bridgehead atoms. The lowest BCUT2D eigenvalue weighted by Gasteiger charge is -2.21. The molecule has 1 aliphatic rings. The molecule has 1 N–H and O–H groups in total. The number of fused-ring (bicyclic) bond motifs is 1. The molecule has 190 valence electrons. The molecule has 3 aromatic rings. The maximum absolute atomic E-state index is 13.1. The van der Waals surface area contributed by atoms with Gasteiger partial charge in [-0.3, -0.25) is 14.2 Å². The fourth-order valence-corrected chi connectivity index (χ4v) is 5.20. The quantitative estimate of drug-likeness (QED) is 0.444. The van der Waals surface area contributed by atoms with Crippen LogP contribution in [0.15, 0.2) is 35.4 Å². The Morgan fingerprint density at radius 1 is 1.11 bits per heavy atom. The zero-order chi connectivity index (χ0) is 25.7. The van der Waals surface area contributed by atoms with Crippen LogP contribution >= 0.6 is 11.3 Å². The van der Waals surface area contributed by atoms with Gasteiger partial charge in [0.2, 0.25) is 5.91 Å². The van der Waals surface area contributed by atoms with Gasteiger partial charge < -0.3 is 14.8 Å². The number of carbonyl (C=O) groups excluding carboxylic acids is 3. The number of thiophene rings is 1. The van der Waals surface area contributed by atoms with E-state index in [1.54, 1.807) is 31.2 Å². The van der Waals surface area contributed by atoms with Crippen LogP contribution in [0.2, 0.25) is 0 Å². The smallest absolute Gasteiger partial charge is 0.348 e. The van der Waals surface area contributed by atoms with Crippen molar-refractivity contribution in [1.82, 2.24) is 9.55 Å². The average molecular weight is 512 g/mol. The minimum atomic E-state index is -0.427. The number of hydrogen-bond acceptors (Lipinski definition) is 8. The van der Waals surface area contributed by atoms with E-state index in [2.05, 4.69) is 10.3 Å². The zero-order valence-corrected chi connectivity index (χ0v) is 21.2. The van der Waals surface area contributed by atoms with Crippen molar-refractivity contribution in [2.24, 2.45) is 0 Å². The third kappa shape index (κ3) is 5.81. The molecule has 10 heteroatoms. The van der Waals surface area contributed by atoms with Crippen LogP contribution in [-0.2, 0) is 20.8 Å². The lowest BCUT2D eigenvalue weighted by atomic mass is 9.98. The van der Waals surface area contributed by atoms with Crippen molar-refractivity contribution in [3.8, 4) is 0 Å². The van der Waals surface area contributed by atoms with Crippen LogP contribution in [0.4, 0.5) is 5.69 Å². The van der Waals surface area contributed by atoms with E-state index >= 15 is 0 Å². The van der Waals surface area contributed by atoms with E-state index in [0.29, 0.717) is 38.5 Å². The molecule has 36 heavy (non-hydrogen) atoms. The van der Waals surface area contributed by atoms with Gasteiger partial charge in [0, 0.05) is 5.69 Å². The highest BCUT2D eigenvalue weighted by Crippen LogP contribution is 2.29. The number of esters is 2. The molecule has 0 saturated heterocycles. The number of aryl methyl sites for hydroxylation is 1. The van der Waals surface area contributed by atoms with Crippen molar-refractivity contribution >= 4 is 45.1 Å². The van der Waals surface area contributed by atoms with E-state index in [4.69, 9.17) is 9.47 Å². The van der Waals surface area contributed by atoms with Gasteiger partial charge in [-0.2, -0.15) is 0 Å². The number of aromatic nitrogens is 2. The second-order valence-electron chi connectivity index (χ2n) is 8.84. The third-order valence-electron chi connectivity index (χ3n) is 6.08. The number of anilines is 1. The first-order valence-electron chi connectivity index (χ1n) is 12.1. The van der Waals surface area contributed by atoms with Gasteiger partial charge in [-0.1, -0.05) is 13.3 Å². The average Bonchev–Trinajstić information content (AvgIpc) is 3.22. The molecule has 0 aliphatic heterocycles. The Hall–Kier alpha value is -3.53. The Morgan fingerprint density at radius 3 is 2.53 bits per heavy atom. The van der Waals surface area contributed by atoms with Crippen molar-refractivity contribution in [2.45, 2.75) is 65.0 Å². The molecule has 9 nitrogen and oxygen atoms in total. The monoisotopic (exact) mass is 511 g/mol. The molecule has 0 unspecified atom stereocenters. The molecule has 1 fully saturated rings. The minimum Gasteiger partial charge on any atom is -0.462 e. The zero-order valence-electron chi connectivity index (χ0n) is 20.4. The highest BCUT2D eigenvalue weighted by molar-refractivity contribution is 7.20. The summed E-state index contributed by atoms with van der Waals surface area (Å²) in [7, 11) is 0. The van der Waals surface area contributed by atoms with Gasteiger partial charge in [0.25, 0.3) is 5.56 Å². The van der Waals surface area contributed by atoms with E-state index in [1.807, 2.05) is 6.92 Å². The molecule has 0 atom stereocenters. The van der Waals surface area contributed by atoms with Crippen LogP contribution in [0.25, 0.3) is 10.2 Å². The maximum Gasteiger partial charge on any atom is 0.348 e. The first-order chi connectivity index (χ1) is 17.4. The number of carbonyl (C=O) groups is 3. The Morgan fingerprint density at radius 2 is 1.83 bits per heavy atom. The van der Waals surface area contributed by atoms with E-state index < -0.39 is 23.4 Å². The summed E-state index contributed by atoms with van der Waals surface area (Å²) >= 11 is 1.14. The summed E-state index contributed by atoms with van der Waals surface area (Å²) in [5, 5.41) is 3.03. The number of nitrogens with one attached hydrogen (secondary N) is 1. The topological polar surface area (TPSA) is 117 Å². The highest BCUT2D eigenvalue weighted by Gasteiger charge is 2.24. The van der Waals surface area contributed by atoms with E-state index in [0.717, 1.165) is 49.9 Å². The maximum atomic E-state index is 13.1. The SMILES string of the molecule is CCCOC(=O)c1ccc(NC(=O)Cn2cnc3sc(C(=O)OC4CCCCC4)c(C)c3c2=O)cc1. The van der Waals surface area contributed by atoms with Crippen LogP contribution in [0.3, 0.4) is 0 Å². The summed E-state index contributed by atoms with van der Waals surface area (Å²) in [4.78, 5) is 55.5. The summed E-state index contributed by atoms with van der Waals surface area (Å²) in [6, 6.07) is 6.32.